The Balaban J connectivity index is 1.65. The number of para-hydroxylation sites is 1. The van der Waals surface area contributed by atoms with E-state index >= 15 is 0 Å². The van der Waals surface area contributed by atoms with E-state index in [1.165, 1.54) is 11.9 Å². The van der Waals surface area contributed by atoms with Crippen LogP contribution in [0.3, 0.4) is 0 Å². The van der Waals surface area contributed by atoms with Crippen molar-refractivity contribution in [3.63, 3.8) is 0 Å². The molecule has 0 aliphatic rings. The fourth-order valence-corrected chi connectivity index (χ4v) is 3.55. The molecular formula is C20H19FN8O2S. The molecular weight excluding hydrogens is 435 g/mol. The lowest BCUT2D eigenvalue weighted by Crippen LogP contribution is -2.08. The Hall–Kier alpha value is -3.80. The lowest BCUT2D eigenvalue weighted by atomic mass is 10.2. The maximum atomic E-state index is 13.0. The normalized spacial score (nSPS) is 10.7. The predicted molar refractivity (Wildman–Crippen MR) is 117 cm³/mol. The van der Waals surface area contributed by atoms with Crippen LogP contribution in [0.5, 0.6) is 11.5 Å². The summed E-state index contributed by atoms with van der Waals surface area (Å²) >= 11 is 1.38. The van der Waals surface area contributed by atoms with Gasteiger partial charge in [-0.3, -0.25) is 9.29 Å². The molecule has 0 unspecified atom stereocenters. The zero-order valence-corrected chi connectivity index (χ0v) is 18.1. The van der Waals surface area contributed by atoms with Gasteiger partial charge in [0.1, 0.15) is 23.0 Å². The summed E-state index contributed by atoms with van der Waals surface area (Å²) in [6.07, 6.45) is 6.10. The van der Waals surface area contributed by atoms with Crippen molar-refractivity contribution in [2.45, 2.75) is 6.42 Å². The Morgan fingerprint density at radius 2 is 1.66 bits per heavy atom. The molecule has 0 bridgehead atoms. The molecule has 12 heteroatoms. The van der Waals surface area contributed by atoms with Crippen LogP contribution in [-0.2, 0) is 6.42 Å². The van der Waals surface area contributed by atoms with Crippen LogP contribution < -0.4 is 14.2 Å². The maximum Gasteiger partial charge on any atom is 0.239 e. The first-order valence-electron chi connectivity index (χ1n) is 9.49. The van der Waals surface area contributed by atoms with Crippen molar-refractivity contribution in [2.24, 2.45) is 0 Å². The van der Waals surface area contributed by atoms with Crippen molar-refractivity contribution in [3.05, 3.63) is 60.7 Å². The number of methoxy groups -OCH3 is 2. The van der Waals surface area contributed by atoms with E-state index in [-0.39, 0.29) is 0 Å². The van der Waals surface area contributed by atoms with E-state index in [0.29, 0.717) is 52.8 Å². The Labute approximate surface area is 187 Å². The fraction of sp³-hybridized carbons (Fsp3) is 0.200. The van der Waals surface area contributed by atoms with Crippen LogP contribution in [0.4, 0.5) is 10.3 Å². The van der Waals surface area contributed by atoms with Crippen molar-refractivity contribution < 1.29 is 13.9 Å². The summed E-state index contributed by atoms with van der Waals surface area (Å²) in [6, 6.07) is 7.18. The number of benzene rings is 1. The van der Waals surface area contributed by atoms with Gasteiger partial charge >= 0.3 is 0 Å². The molecule has 10 nitrogen and oxygen atoms in total. The summed E-state index contributed by atoms with van der Waals surface area (Å²) in [5, 5.41) is 8.58. The third-order valence-corrected chi connectivity index (χ3v) is 5.05. The maximum absolute atomic E-state index is 13.0. The summed E-state index contributed by atoms with van der Waals surface area (Å²) in [5.41, 5.74) is 0.606. The second-order valence-corrected chi connectivity index (χ2v) is 7.19. The summed E-state index contributed by atoms with van der Waals surface area (Å²) < 4.78 is 29.1. The molecule has 1 aromatic carbocycles. The third-order valence-electron chi connectivity index (χ3n) is 4.32. The molecule has 164 valence electrons. The predicted octanol–water partition coefficient (Wildman–Crippen LogP) is 2.97. The molecule has 0 saturated heterocycles. The molecule has 3 aromatic heterocycles. The Kier molecular flexibility index (Phi) is 6.70. The van der Waals surface area contributed by atoms with Gasteiger partial charge in [0.2, 0.25) is 11.8 Å². The Morgan fingerprint density at radius 3 is 2.31 bits per heavy atom. The standard InChI is InChI=1S/C20H19FN8O2S/c1-30-14-5-3-6-15(31-2)17(14)29-19(18-22-8-4-9-23-18)26-27-20(29)28-32-10-7-16-24-11-13(21)12-25-16/h3-6,8-9,11-12H,7,10H2,1-2H3,(H,27,28). The van der Waals surface area contributed by atoms with Gasteiger partial charge in [-0.2, -0.15) is 0 Å². The molecule has 0 spiro atoms. The van der Waals surface area contributed by atoms with E-state index in [1.54, 1.807) is 37.2 Å². The minimum atomic E-state index is -0.464. The van der Waals surface area contributed by atoms with Crippen LogP contribution in [0.25, 0.3) is 17.3 Å². The molecule has 0 fully saturated rings. The van der Waals surface area contributed by atoms with Crippen LogP contribution in [0, 0.1) is 5.82 Å². The van der Waals surface area contributed by atoms with E-state index < -0.39 is 5.82 Å². The number of rotatable bonds is 9. The Morgan fingerprint density at radius 1 is 0.969 bits per heavy atom. The molecule has 32 heavy (non-hydrogen) atoms. The number of halogens is 1. The number of hydrogen-bond donors (Lipinski definition) is 1. The monoisotopic (exact) mass is 454 g/mol. The fourth-order valence-electron chi connectivity index (χ4n) is 2.90. The van der Waals surface area contributed by atoms with Crippen molar-refractivity contribution in [1.82, 2.24) is 34.7 Å². The van der Waals surface area contributed by atoms with Gasteiger partial charge in [0, 0.05) is 24.6 Å². The molecule has 4 rings (SSSR count). The lowest BCUT2D eigenvalue weighted by molar-refractivity contribution is 0.391. The van der Waals surface area contributed by atoms with Gasteiger partial charge in [0.15, 0.2) is 11.6 Å². The zero-order valence-electron chi connectivity index (χ0n) is 17.3. The summed E-state index contributed by atoms with van der Waals surface area (Å²) in [4.78, 5) is 16.5. The number of anilines is 1. The SMILES string of the molecule is COc1cccc(OC)c1-n1c(NSCCc2ncc(F)cn2)nnc1-c1ncccn1. The number of nitrogens with zero attached hydrogens (tertiary/aromatic N) is 7. The van der Waals surface area contributed by atoms with Crippen LogP contribution in [0.1, 0.15) is 5.82 Å². The molecule has 4 aromatic rings. The number of aromatic nitrogens is 7. The number of hydrogen-bond acceptors (Lipinski definition) is 10. The van der Waals surface area contributed by atoms with E-state index in [9.17, 15) is 4.39 Å². The van der Waals surface area contributed by atoms with Crippen molar-refractivity contribution in [2.75, 3.05) is 24.7 Å². The minimum absolute atomic E-state index is 0.394. The second kappa shape index (κ2) is 10.0. The quantitative estimate of drug-likeness (QED) is 0.299. The average Bonchev–Trinajstić information content (AvgIpc) is 3.26. The van der Waals surface area contributed by atoms with E-state index in [2.05, 4.69) is 34.9 Å². The van der Waals surface area contributed by atoms with E-state index in [4.69, 9.17) is 9.47 Å². The number of nitrogens with one attached hydrogen (secondary N) is 1. The largest absolute Gasteiger partial charge is 0.494 e. The highest BCUT2D eigenvalue weighted by Crippen LogP contribution is 2.37. The van der Waals surface area contributed by atoms with Gasteiger partial charge in [-0.15, -0.1) is 10.2 Å². The third kappa shape index (κ3) is 4.59. The van der Waals surface area contributed by atoms with Crippen LogP contribution >= 0.6 is 11.9 Å². The molecule has 0 atom stereocenters. The van der Waals surface area contributed by atoms with Gasteiger partial charge in [0.05, 0.1) is 26.6 Å². The molecule has 0 saturated carbocycles. The van der Waals surface area contributed by atoms with Gasteiger partial charge in [-0.05, 0) is 30.1 Å². The van der Waals surface area contributed by atoms with Gasteiger partial charge < -0.3 is 9.47 Å². The summed E-state index contributed by atoms with van der Waals surface area (Å²) in [6.45, 7) is 0. The first kappa shape index (κ1) is 21.4. The van der Waals surface area contributed by atoms with Gasteiger partial charge in [-0.1, -0.05) is 6.07 Å². The molecule has 3 heterocycles. The highest BCUT2D eigenvalue weighted by atomic mass is 32.2. The van der Waals surface area contributed by atoms with Crippen LogP contribution in [0.15, 0.2) is 49.1 Å². The number of ether oxygens (including phenoxy) is 2. The average molecular weight is 454 g/mol. The summed E-state index contributed by atoms with van der Waals surface area (Å²) in [7, 11) is 3.15. The van der Waals surface area contributed by atoms with Gasteiger partial charge in [-0.25, -0.2) is 24.3 Å². The first-order valence-corrected chi connectivity index (χ1v) is 10.5. The highest BCUT2D eigenvalue weighted by molar-refractivity contribution is 8.00. The van der Waals surface area contributed by atoms with Crippen LogP contribution in [0.2, 0.25) is 0 Å². The zero-order chi connectivity index (χ0) is 22.3. The lowest BCUT2D eigenvalue weighted by Gasteiger charge is -2.17. The van der Waals surface area contributed by atoms with E-state index in [0.717, 1.165) is 12.4 Å². The highest BCUT2D eigenvalue weighted by Gasteiger charge is 2.23. The molecule has 0 amide bonds. The Bertz CT molecular complexity index is 1150. The molecule has 1 N–H and O–H groups in total. The van der Waals surface area contributed by atoms with Crippen molar-refractivity contribution in [1.29, 1.82) is 0 Å². The van der Waals surface area contributed by atoms with E-state index in [1.807, 2.05) is 18.2 Å². The molecule has 0 aliphatic heterocycles. The van der Waals surface area contributed by atoms with Gasteiger partial charge in [0.25, 0.3) is 0 Å². The topological polar surface area (TPSA) is 113 Å². The second-order valence-electron chi connectivity index (χ2n) is 6.28. The summed E-state index contributed by atoms with van der Waals surface area (Å²) in [5.74, 6) is 3.06. The minimum Gasteiger partial charge on any atom is -0.494 e. The van der Waals surface area contributed by atoms with Crippen molar-refractivity contribution in [3.8, 4) is 28.8 Å². The molecule has 0 aliphatic carbocycles. The van der Waals surface area contributed by atoms with Crippen molar-refractivity contribution >= 4 is 17.9 Å². The number of aryl methyl sites for hydroxylation is 1. The molecule has 0 radical (unpaired) electrons. The first-order chi connectivity index (χ1) is 15.7. The smallest absolute Gasteiger partial charge is 0.239 e. The van der Waals surface area contributed by atoms with Crippen LogP contribution in [-0.4, -0.2) is 54.7 Å².